The molecule has 43 heavy (non-hydrogen) atoms. The van der Waals surface area contributed by atoms with E-state index in [1.807, 2.05) is 6.92 Å². The third-order valence-electron chi connectivity index (χ3n) is 7.88. The molecule has 0 aliphatic heterocycles. The smallest absolute Gasteiger partial charge is 0.207 e. The molecule has 0 saturated carbocycles. The van der Waals surface area contributed by atoms with Crippen molar-refractivity contribution in [2.24, 2.45) is 5.92 Å². The number of hydrogen-bond acceptors (Lipinski definition) is 10. The second-order valence-corrected chi connectivity index (χ2v) is 16.2. The molecular weight excluding hydrogens is 592 g/mol. The van der Waals surface area contributed by atoms with Gasteiger partial charge < -0.3 is 38.3 Å². The van der Waals surface area contributed by atoms with Gasteiger partial charge in [0.05, 0.1) is 47.3 Å². The van der Waals surface area contributed by atoms with Crippen molar-refractivity contribution >= 4 is 19.6 Å². The molecule has 0 bridgehead atoms. The average Bonchev–Trinajstić information content (AvgIpc) is 2.99. The summed E-state index contributed by atoms with van der Waals surface area (Å²) in [5.41, 5.74) is -0.270. The Morgan fingerprint density at radius 2 is 1.26 bits per heavy atom. The van der Waals surface area contributed by atoms with Gasteiger partial charge in [0.1, 0.15) is 10.3 Å². The maximum atomic E-state index is 13.9. The molecule has 2 aromatic rings. The van der Waals surface area contributed by atoms with E-state index in [9.17, 15) is 18.6 Å². The van der Waals surface area contributed by atoms with Gasteiger partial charge in [-0.3, -0.25) is 0 Å². The lowest BCUT2D eigenvalue weighted by Crippen LogP contribution is -2.30. The topological polar surface area (TPSA) is 130 Å². The summed E-state index contributed by atoms with van der Waals surface area (Å²) in [6.45, 7) is 12.1. The van der Waals surface area contributed by atoms with Crippen molar-refractivity contribution in [3.63, 3.8) is 0 Å². The third kappa shape index (κ3) is 9.01. The number of methoxy groups -OCH3 is 4. The van der Waals surface area contributed by atoms with E-state index in [0.717, 1.165) is 0 Å². The van der Waals surface area contributed by atoms with E-state index in [1.165, 1.54) is 41.4 Å². The zero-order chi connectivity index (χ0) is 32.5. The van der Waals surface area contributed by atoms with Crippen molar-refractivity contribution in [2.75, 3.05) is 35.0 Å². The van der Waals surface area contributed by atoms with Crippen molar-refractivity contribution in [3.05, 3.63) is 35.4 Å². The molecule has 0 heterocycles. The summed E-state index contributed by atoms with van der Waals surface area (Å²) in [5, 5.41) is 22.1. The van der Waals surface area contributed by atoms with Crippen LogP contribution in [0, 0.1) is 5.92 Å². The van der Waals surface area contributed by atoms with Gasteiger partial charge in [-0.2, -0.15) is 0 Å². The highest BCUT2D eigenvalue weighted by Crippen LogP contribution is 2.43. The Labute approximate surface area is 259 Å². The maximum absolute atomic E-state index is 13.9. The second kappa shape index (κ2) is 16.0. The maximum Gasteiger partial charge on any atom is 0.207 e. The molecule has 0 amide bonds. The first-order chi connectivity index (χ1) is 20.2. The number of ether oxygens (including phenoxy) is 5. The molecule has 0 aromatic heterocycles. The zero-order valence-electron chi connectivity index (χ0n) is 27.2. The van der Waals surface area contributed by atoms with Gasteiger partial charge in [0.25, 0.3) is 0 Å². The summed E-state index contributed by atoms with van der Waals surface area (Å²) in [5.74, 6) is 1.83. The molecule has 12 heteroatoms. The molecule has 0 aliphatic carbocycles. The fourth-order valence-corrected chi connectivity index (χ4v) is 7.20. The highest BCUT2D eigenvalue weighted by molar-refractivity contribution is 7.92. The van der Waals surface area contributed by atoms with Crippen LogP contribution in [0.4, 0.5) is 0 Å². The molecule has 3 atom stereocenters. The van der Waals surface area contributed by atoms with Crippen LogP contribution in [0.3, 0.4) is 0 Å². The number of rotatable bonds is 18. The Kier molecular flexibility index (Phi) is 13.6. The van der Waals surface area contributed by atoms with E-state index in [4.69, 9.17) is 28.1 Å². The van der Waals surface area contributed by atoms with Gasteiger partial charge in [-0.1, -0.05) is 34.6 Å². The van der Waals surface area contributed by atoms with Crippen LogP contribution < -0.4 is 23.7 Å². The normalized spacial score (nSPS) is 14.5. The number of aliphatic hydroxyl groups excluding tert-OH is 2. The van der Waals surface area contributed by atoms with Crippen molar-refractivity contribution in [3.8, 4) is 28.7 Å². The molecule has 0 fully saturated rings. The molecule has 10 nitrogen and oxygen atoms in total. The minimum atomic E-state index is -4.03. The van der Waals surface area contributed by atoms with Gasteiger partial charge in [0.15, 0.2) is 32.8 Å². The summed E-state index contributed by atoms with van der Waals surface area (Å²) in [6, 6.07) is 6.30. The third-order valence-corrected chi connectivity index (χ3v) is 12.3. The predicted octanol–water partition coefficient (Wildman–Crippen LogP) is 5.13. The number of benzene rings is 2. The minimum Gasteiger partial charge on any atom is -0.493 e. The minimum absolute atomic E-state index is 0.0941. The molecule has 2 N–H and O–H groups in total. The van der Waals surface area contributed by atoms with Crippen LogP contribution in [-0.2, 0) is 14.3 Å². The van der Waals surface area contributed by atoms with Crippen LogP contribution in [0.25, 0.3) is 0 Å². The van der Waals surface area contributed by atoms with Gasteiger partial charge >= 0.3 is 0 Å². The van der Waals surface area contributed by atoms with E-state index >= 15 is 0 Å². The summed E-state index contributed by atoms with van der Waals surface area (Å²) in [6.07, 6.45) is -1.13. The fourth-order valence-electron chi connectivity index (χ4n) is 4.21. The molecule has 2 rings (SSSR count). The van der Waals surface area contributed by atoms with Crippen LogP contribution in [0.15, 0.2) is 29.2 Å². The van der Waals surface area contributed by atoms with Gasteiger partial charge in [-0.05, 0) is 72.5 Å². The molecule has 2 aromatic carbocycles. The van der Waals surface area contributed by atoms with Crippen molar-refractivity contribution < 1.29 is 46.7 Å². The van der Waals surface area contributed by atoms with Gasteiger partial charge in [0, 0.05) is 0 Å². The van der Waals surface area contributed by atoms with Crippen LogP contribution in [-0.4, -0.2) is 68.9 Å². The van der Waals surface area contributed by atoms with E-state index in [1.54, 1.807) is 18.2 Å². The van der Waals surface area contributed by atoms with Gasteiger partial charge in [-0.25, -0.2) is 8.42 Å². The number of sulfone groups is 1. The second-order valence-electron chi connectivity index (χ2n) is 11.5. The molecule has 244 valence electrons. The van der Waals surface area contributed by atoms with Crippen LogP contribution >= 0.6 is 0 Å². The lowest BCUT2D eigenvalue weighted by Gasteiger charge is -2.30. The van der Waals surface area contributed by atoms with Gasteiger partial charge in [-0.15, -0.1) is 0 Å². The van der Waals surface area contributed by atoms with Crippen molar-refractivity contribution in [2.45, 2.75) is 88.4 Å². The van der Waals surface area contributed by atoms with Crippen LogP contribution in [0.2, 0.25) is 5.04 Å². The SMILES string of the molecule is CCCOc1c(OC)cc(C(O)CCC(O)c2cc(OC)c(OC)c(OC)c2)cc1S(=O)(=O)C(C)O[SiH2]C(C)(C)C(C)C. The standard InChI is InChI=1S/C31H50O10SSi/c1-11-14-40-30-27(38-9)17-22(18-28(30)42(34,35)20(4)41-43-31(5,6)19(2)3)24(33)13-12-23(32)21-15-25(36-7)29(39-10)26(16-21)37-8/h15-20,23-24,32-33H,11-14,43H2,1-10H3. The van der Waals surface area contributed by atoms with Gasteiger partial charge in [0.2, 0.25) is 15.6 Å². The lowest BCUT2D eigenvalue weighted by atomic mass is 9.98. The van der Waals surface area contributed by atoms with E-state index in [2.05, 4.69) is 27.7 Å². The number of hydrogen-bond donors (Lipinski definition) is 2. The van der Waals surface area contributed by atoms with E-state index < -0.39 is 37.2 Å². The first-order valence-corrected chi connectivity index (χ1v) is 17.4. The largest absolute Gasteiger partial charge is 0.493 e. The molecule has 0 aliphatic rings. The summed E-state index contributed by atoms with van der Waals surface area (Å²) < 4.78 is 61.3. The Hall–Kier alpha value is -2.51. The first kappa shape index (κ1) is 36.7. The van der Waals surface area contributed by atoms with Crippen molar-refractivity contribution in [1.29, 1.82) is 0 Å². The fraction of sp³-hybridized carbons (Fsp3) is 0.613. The Morgan fingerprint density at radius 1 is 0.791 bits per heavy atom. The highest BCUT2D eigenvalue weighted by atomic mass is 32.2. The Morgan fingerprint density at radius 3 is 1.67 bits per heavy atom. The molecule has 0 spiro atoms. The molecule has 3 unspecified atom stereocenters. The Balaban J connectivity index is 2.41. The molecule has 0 radical (unpaired) electrons. The van der Waals surface area contributed by atoms with E-state index in [0.29, 0.717) is 40.7 Å². The molecule has 0 saturated heterocycles. The van der Waals surface area contributed by atoms with Crippen LogP contribution in [0.1, 0.15) is 84.1 Å². The monoisotopic (exact) mass is 642 g/mol. The summed E-state index contributed by atoms with van der Waals surface area (Å²) in [7, 11) is 0.652. The average molecular weight is 643 g/mol. The van der Waals surface area contributed by atoms with Crippen molar-refractivity contribution in [1.82, 2.24) is 0 Å². The summed E-state index contributed by atoms with van der Waals surface area (Å²) >= 11 is 0. The van der Waals surface area contributed by atoms with Crippen LogP contribution in [0.5, 0.6) is 28.7 Å². The summed E-state index contributed by atoms with van der Waals surface area (Å²) in [4.78, 5) is -0.0941. The lowest BCUT2D eigenvalue weighted by molar-refractivity contribution is 0.114. The van der Waals surface area contributed by atoms with E-state index in [-0.39, 0.29) is 40.9 Å². The first-order valence-electron chi connectivity index (χ1n) is 14.5. The molecular formula is C31H50O10SSi. The quantitative estimate of drug-likeness (QED) is 0.211. The predicted molar refractivity (Wildman–Crippen MR) is 169 cm³/mol. The zero-order valence-corrected chi connectivity index (χ0v) is 29.5. The number of aliphatic hydroxyl groups is 2. The Bertz CT molecular complexity index is 1270. The highest BCUT2D eigenvalue weighted by Gasteiger charge is 2.33.